The minimum atomic E-state index is -0.430. The lowest BCUT2D eigenvalue weighted by Crippen LogP contribution is -2.35. The lowest BCUT2D eigenvalue weighted by molar-refractivity contribution is 0.0295. The zero-order valence-electron chi connectivity index (χ0n) is 12.5. The number of ether oxygens (including phenoxy) is 1. The van der Waals surface area contributed by atoms with Crippen molar-refractivity contribution >= 4 is 17.9 Å². The van der Waals surface area contributed by atoms with Crippen molar-refractivity contribution < 1.29 is 9.53 Å². The summed E-state index contributed by atoms with van der Waals surface area (Å²) < 4.78 is 5.40. The van der Waals surface area contributed by atoms with E-state index in [9.17, 15) is 4.79 Å². The van der Waals surface area contributed by atoms with Gasteiger partial charge in [0.2, 0.25) is 0 Å². The van der Waals surface area contributed by atoms with Gasteiger partial charge in [-0.1, -0.05) is 0 Å². The van der Waals surface area contributed by atoms with Crippen LogP contribution < -0.4 is 0 Å². The summed E-state index contributed by atoms with van der Waals surface area (Å²) in [6.45, 7) is 9.23. The lowest BCUT2D eigenvalue weighted by Gasteiger charge is -2.24. The van der Waals surface area contributed by atoms with E-state index >= 15 is 0 Å². The molecule has 2 heterocycles. The van der Waals surface area contributed by atoms with E-state index in [2.05, 4.69) is 18.0 Å². The molecule has 1 saturated heterocycles. The summed E-state index contributed by atoms with van der Waals surface area (Å²) in [4.78, 5) is 18.1. The molecule has 0 radical (unpaired) electrons. The topological polar surface area (TPSA) is 42.4 Å². The Morgan fingerprint density at radius 1 is 1.50 bits per heavy atom. The fourth-order valence-corrected chi connectivity index (χ4v) is 3.26. The maximum absolute atomic E-state index is 12.0. The van der Waals surface area contributed by atoms with Crippen molar-refractivity contribution in [3.8, 4) is 0 Å². The monoisotopic (exact) mass is 294 g/mol. The fraction of sp³-hybridized carbons (Fsp3) is 0.600. The van der Waals surface area contributed by atoms with Gasteiger partial charge in [0.1, 0.15) is 5.60 Å². The third-order valence-corrected chi connectivity index (χ3v) is 4.16. The number of aryl methyl sites for hydroxylation is 1. The average Bonchev–Trinajstić information content (AvgIpc) is 2.75. The van der Waals surface area contributed by atoms with E-state index in [4.69, 9.17) is 4.74 Å². The van der Waals surface area contributed by atoms with Gasteiger partial charge in [-0.25, -0.2) is 9.78 Å². The molecule has 110 valence electrons. The third-order valence-electron chi connectivity index (χ3n) is 2.97. The van der Waals surface area contributed by atoms with Crippen molar-refractivity contribution in [2.75, 3.05) is 13.1 Å². The average molecular weight is 294 g/mol. The first-order chi connectivity index (χ1) is 9.33. The van der Waals surface area contributed by atoms with Crippen molar-refractivity contribution in [1.29, 1.82) is 0 Å². The van der Waals surface area contributed by atoms with Gasteiger partial charge in [-0.15, -0.1) is 11.8 Å². The van der Waals surface area contributed by atoms with Crippen LogP contribution in [-0.2, 0) is 4.74 Å². The van der Waals surface area contributed by atoms with Gasteiger partial charge < -0.3 is 9.64 Å². The Hall–Kier alpha value is -1.23. The zero-order chi connectivity index (χ0) is 14.8. The number of aromatic nitrogens is 1. The molecular weight excluding hydrogens is 272 g/mol. The highest BCUT2D eigenvalue weighted by atomic mass is 32.2. The van der Waals surface area contributed by atoms with Crippen molar-refractivity contribution in [2.24, 2.45) is 0 Å². The minimum Gasteiger partial charge on any atom is -0.444 e. The van der Waals surface area contributed by atoms with Crippen LogP contribution in [-0.4, -0.2) is 39.9 Å². The Morgan fingerprint density at radius 3 is 2.90 bits per heavy atom. The van der Waals surface area contributed by atoms with Crippen molar-refractivity contribution in [3.05, 3.63) is 23.9 Å². The van der Waals surface area contributed by atoms with Gasteiger partial charge in [-0.05, 0) is 51.8 Å². The maximum atomic E-state index is 12.0. The van der Waals surface area contributed by atoms with Gasteiger partial charge >= 0.3 is 6.09 Å². The molecule has 4 nitrogen and oxygen atoms in total. The number of carbonyl (C=O) groups excluding carboxylic acids is 1. The maximum Gasteiger partial charge on any atom is 0.410 e. The number of pyridine rings is 1. The van der Waals surface area contributed by atoms with Gasteiger partial charge in [0.15, 0.2) is 0 Å². The molecule has 0 saturated carbocycles. The summed E-state index contributed by atoms with van der Waals surface area (Å²) in [5.74, 6) is 0. The summed E-state index contributed by atoms with van der Waals surface area (Å²) >= 11 is 1.74. The van der Waals surface area contributed by atoms with Gasteiger partial charge in [0.05, 0.1) is 5.03 Å². The van der Waals surface area contributed by atoms with Gasteiger partial charge in [-0.3, -0.25) is 0 Å². The number of amides is 1. The highest BCUT2D eigenvalue weighted by molar-refractivity contribution is 7.99. The Morgan fingerprint density at radius 2 is 2.25 bits per heavy atom. The Bertz CT molecular complexity index is 485. The summed E-state index contributed by atoms with van der Waals surface area (Å²) in [7, 11) is 0. The van der Waals surface area contributed by atoms with Crippen LogP contribution in [0.15, 0.2) is 23.4 Å². The molecule has 1 aromatic rings. The number of thioether (sulfide) groups is 1. The van der Waals surface area contributed by atoms with E-state index in [1.165, 1.54) is 5.56 Å². The molecule has 0 N–H and O–H groups in total. The predicted molar refractivity (Wildman–Crippen MR) is 81.0 cm³/mol. The molecule has 1 atom stereocenters. The molecule has 5 heteroatoms. The molecule has 20 heavy (non-hydrogen) atoms. The Labute approximate surface area is 124 Å². The van der Waals surface area contributed by atoms with E-state index in [-0.39, 0.29) is 6.09 Å². The van der Waals surface area contributed by atoms with Gasteiger partial charge in [-0.2, -0.15) is 0 Å². The summed E-state index contributed by atoms with van der Waals surface area (Å²) in [5.41, 5.74) is 0.782. The third kappa shape index (κ3) is 4.40. The lowest BCUT2D eigenvalue weighted by atomic mass is 10.2. The number of hydrogen-bond acceptors (Lipinski definition) is 4. The van der Waals surface area contributed by atoms with Crippen molar-refractivity contribution in [2.45, 2.75) is 50.0 Å². The number of hydrogen-bond donors (Lipinski definition) is 0. The van der Waals surface area contributed by atoms with E-state index in [1.54, 1.807) is 16.7 Å². The molecular formula is C15H22N2O2S. The fourth-order valence-electron chi connectivity index (χ4n) is 2.06. The summed E-state index contributed by atoms with van der Waals surface area (Å²) in [6, 6.07) is 4.08. The number of likely N-dealkylation sites (tertiary alicyclic amines) is 1. The molecule has 1 fully saturated rings. The standard InChI is InChI=1S/C15H22N2O2S/c1-11-5-7-16-13(9-11)20-12-6-8-17(10-12)14(18)19-15(2,3)4/h5,7,9,12H,6,8,10H2,1-4H3/t12-/m1/s1. The van der Waals surface area contributed by atoms with Crippen LogP contribution in [0.25, 0.3) is 0 Å². The van der Waals surface area contributed by atoms with Gasteiger partial charge in [0, 0.05) is 24.5 Å². The second-order valence-corrected chi connectivity index (χ2v) is 7.45. The summed E-state index contributed by atoms with van der Waals surface area (Å²) in [5, 5.41) is 1.43. The number of nitrogens with zero attached hydrogens (tertiary/aromatic N) is 2. The first-order valence-corrected chi connectivity index (χ1v) is 7.79. The molecule has 1 amide bonds. The van der Waals surface area contributed by atoms with E-state index in [1.807, 2.05) is 33.0 Å². The molecule has 0 aromatic carbocycles. The molecule has 0 unspecified atom stereocenters. The predicted octanol–water partition coefficient (Wildman–Crippen LogP) is 3.49. The smallest absolute Gasteiger partial charge is 0.410 e. The van der Waals surface area contributed by atoms with Crippen LogP contribution in [0, 0.1) is 6.92 Å². The van der Waals surface area contributed by atoms with Crippen molar-refractivity contribution in [1.82, 2.24) is 9.88 Å². The number of rotatable bonds is 2. The first kappa shape index (κ1) is 15.2. The normalized spacial score (nSPS) is 19.2. The molecule has 0 spiro atoms. The SMILES string of the molecule is Cc1ccnc(S[C@@H]2CCN(C(=O)OC(C)(C)C)C2)c1. The first-order valence-electron chi connectivity index (χ1n) is 6.91. The van der Waals surface area contributed by atoms with E-state index in [0.717, 1.165) is 24.5 Å². The quantitative estimate of drug-likeness (QED) is 0.837. The second kappa shape index (κ2) is 6.04. The summed E-state index contributed by atoms with van der Waals surface area (Å²) in [6.07, 6.45) is 2.61. The van der Waals surface area contributed by atoms with Crippen LogP contribution in [0.3, 0.4) is 0 Å². The largest absolute Gasteiger partial charge is 0.444 e. The molecule has 0 bridgehead atoms. The second-order valence-electron chi connectivity index (χ2n) is 6.13. The van der Waals surface area contributed by atoms with E-state index in [0.29, 0.717) is 5.25 Å². The highest BCUT2D eigenvalue weighted by Gasteiger charge is 2.30. The highest BCUT2D eigenvalue weighted by Crippen LogP contribution is 2.29. The van der Waals surface area contributed by atoms with Gasteiger partial charge in [0.25, 0.3) is 0 Å². The minimum absolute atomic E-state index is 0.210. The van der Waals surface area contributed by atoms with Crippen LogP contribution in [0.2, 0.25) is 0 Å². The Kier molecular flexibility index (Phi) is 4.58. The molecule has 1 aliphatic rings. The van der Waals surface area contributed by atoms with Crippen LogP contribution >= 0.6 is 11.8 Å². The zero-order valence-corrected chi connectivity index (χ0v) is 13.4. The van der Waals surface area contributed by atoms with Crippen LogP contribution in [0.5, 0.6) is 0 Å². The van der Waals surface area contributed by atoms with Crippen LogP contribution in [0.4, 0.5) is 4.79 Å². The number of carbonyl (C=O) groups is 1. The molecule has 2 rings (SSSR count). The molecule has 1 aromatic heterocycles. The van der Waals surface area contributed by atoms with Crippen molar-refractivity contribution in [3.63, 3.8) is 0 Å². The molecule has 0 aliphatic carbocycles. The Balaban J connectivity index is 1.88. The van der Waals surface area contributed by atoms with Crippen LogP contribution in [0.1, 0.15) is 32.8 Å². The van der Waals surface area contributed by atoms with E-state index < -0.39 is 5.60 Å². The molecule has 1 aliphatic heterocycles.